The number of ether oxygens (including phenoxy) is 1. The van der Waals surface area contributed by atoms with Gasteiger partial charge in [-0.25, -0.2) is 4.79 Å². The SMILES string of the molecule is Cc1cc(NC[C@H](C)NC(=O)[C@H](CC2CCCCC2)NC(=O)N2CCOCC2)no1. The monoisotopic (exact) mass is 421 g/mol. The molecule has 1 aliphatic carbocycles. The zero-order chi connectivity index (χ0) is 21.3. The Hall–Kier alpha value is -2.29. The highest BCUT2D eigenvalue weighted by molar-refractivity contribution is 5.87. The molecule has 3 amide bonds. The highest BCUT2D eigenvalue weighted by Gasteiger charge is 2.28. The van der Waals surface area contributed by atoms with Gasteiger partial charge >= 0.3 is 6.03 Å². The van der Waals surface area contributed by atoms with Gasteiger partial charge in [0.1, 0.15) is 11.8 Å². The lowest BCUT2D eigenvalue weighted by Gasteiger charge is -2.31. The summed E-state index contributed by atoms with van der Waals surface area (Å²) in [6, 6.07) is 0.977. The summed E-state index contributed by atoms with van der Waals surface area (Å²) in [5.74, 6) is 1.72. The molecule has 1 aliphatic heterocycles. The zero-order valence-electron chi connectivity index (χ0n) is 18.1. The molecule has 3 rings (SSSR count). The van der Waals surface area contributed by atoms with Gasteiger partial charge in [-0.3, -0.25) is 4.79 Å². The minimum atomic E-state index is -0.528. The van der Waals surface area contributed by atoms with Crippen molar-refractivity contribution in [3.8, 4) is 0 Å². The summed E-state index contributed by atoms with van der Waals surface area (Å²) < 4.78 is 10.4. The summed E-state index contributed by atoms with van der Waals surface area (Å²) >= 11 is 0. The number of aromatic nitrogens is 1. The molecule has 168 valence electrons. The minimum Gasteiger partial charge on any atom is -0.378 e. The first kappa shape index (κ1) is 22.4. The molecular weight excluding hydrogens is 386 g/mol. The number of rotatable bonds is 8. The summed E-state index contributed by atoms with van der Waals surface area (Å²) in [4.78, 5) is 27.5. The van der Waals surface area contributed by atoms with Crippen LogP contribution in [0.25, 0.3) is 0 Å². The van der Waals surface area contributed by atoms with Gasteiger partial charge < -0.3 is 30.1 Å². The van der Waals surface area contributed by atoms with Crippen LogP contribution in [-0.4, -0.2) is 66.9 Å². The van der Waals surface area contributed by atoms with Crippen molar-refractivity contribution < 1.29 is 18.8 Å². The third-order valence-electron chi connectivity index (χ3n) is 5.81. The van der Waals surface area contributed by atoms with Gasteiger partial charge in [-0.1, -0.05) is 37.3 Å². The molecule has 0 unspecified atom stereocenters. The van der Waals surface area contributed by atoms with Crippen LogP contribution in [0.2, 0.25) is 0 Å². The summed E-state index contributed by atoms with van der Waals surface area (Å²) in [5, 5.41) is 13.1. The fourth-order valence-corrected chi connectivity index (χ4v) is 4.10. The summed E-state index contributed by atoms with van der Waals surface area (Å²) in [5.41, 5.74) is 0. The van der Waals surface area contributed by atoms with Crippen LogP contribution >= 0.6 is 0 Å². The van der Waals surface area contributed by atoms with Gasteiger partial charge in [-0.2, -0.15) is 0 Å². The molecule has 2 atom stereocenters. The molecule has 1 saturated heterocycles. The quantitative estimate of drug-likeness (QED) is 0.594. The van der Waals surface area contributed by atoms with Crippen molar-refractivity contribution in [3.05, 3.63) is 11.8 Å². The molecular formula is C21H35N5O4. The van der Waals surface area contributed by atoms with Crippen LogP contribution in [-0.2, 0) is 9.53 Å². The van der Waals surface area contributed by atoms with E-state index in [0.29, 0.717) is 51.0 Å². The van der Waals surface area contributed by atoms with Crippen molar-refractivity contribution in [2.45, 2.75) is 64.5 Å². The standard InChI is InChI=1S/C21H35N5O4/c1-15(14-22-19-12-16(2)30-25-19)23-20(27)18(13-17-6-4-3-5-7-17)24-21(28)26-8-10-29-11-9-26/h12,15,17-18H,3-11,13-14H2,1-2H3,(H,22,25)(H,23,27)(H,24,28)/t15-,18-/m0/s1. The Labute approximate surface area is 178 Å². The van der Waals surface area contributed by atoms with Gasteiger partial charge in [0, 0.05) is 31.7 Å². The number of hydrogen-bond donors (Lipinski definition) is 3. The van der Waals surface area contributed by atoms with Crippen LogP contribution in [0.3, 0.4) is 0 Å². The van der Waals surface area contributed by atoms with Crippen molar-refractivity contribution in [1.29, 1.82) is 0 Å². The third-order valence-corrected chi connectivity index (χ3v) is 5.81. The van der Waals surface area contributed by atoms with Crippen molar-refractivity contribution in [1.82, 2.24) is 20.7 Å². The predicted molar refractivity (Wildman–Crippen MR) is 113 cm³/mol. The number of carbonyl (C=O) groups excluding carboxylic acids is 2. The highest BCUT2D eigenvalue weighted by atomic mass is 16.5. The van der Waals surface area contributed by atoms with Crippen LogP contribution in [0.4, 0.5) is 10.6 Å². The summed E-state index contributed by atoms with van der Waals surface area (Å²) in [6.45, 7) is 6.47. The van der Waals surface area contributed by atoms with Gasteiger partial charge in [-0.15, -0.1) is 0 Å². The third kappa shape index (κ3) is 6.90. The first-order valence-electron chi connectivity index (χ1n) is 11.1. The first-order valence-corrected chi connectivity index (χ1v) is 11.1. The van der Waals surface area contributed by atoms with E-state index in [0.717, 1.165) is 18.6 Å². The van der Waals surface area contributed by atoms with Gasteiger partial charge in [-0.05, 0) is 26.2 Å². The molecule has 1 aromatic heterocycles. The fraction of sp³-hybridized carbons (Fsp3) is 0.762. The van der Waals surface area contributed by atoms with Crippen LogP contribution < -0.4 is 16.0 Å². The average Bonchev–Trinajstić information content (AvgIpc) is 3.18. The normalized spacial score (nSPS) is 19.7. The number of hydrogen-bond acceptors (Lipinski definition) is 6. The molecule has 0 aromatic carbocycles. The predicted octanol–water partition coefficient (Wildman–Crippen LogP) is 2.28. The van der Waals surface area contributed by atoms with Crippen molar-refractivity contribution >= 4 is 17.8 Å². The molecule has 30 heavy (non-hydrogen) atoms. The first-order chi connectivity index (χ1) is 14.5. The van der Waals surface area contributed by atoms with E-state index in [1.165, 1.54) is 19.3 Å². The number of amides is 3. The Bertz CT molecular complexity index is 683. The maximum absolute atomic E-state index is 13.0. The number of nitrogens with zero attached hydrogens (tertiary/aromatic N) is 2. The molecule has 0 radical (unpaired) electrons. The van der Waals surface area contributed by atoms with E-state index < -0.39 is 6.04 Å². The Balaban J connectivity index is 1.54. The van der Waals surface area contributed by atoms with E-state index in [4.69, 9.17) is 9.26 Å². The van der Waals surface area contributed by atoms with Gasteiger partial charge in [0.25, 0.3) is 0 Å². The van der Waals surface area contributed by atoms with E-state index in [9.17, 15) is 9.59 Å². The lowest BCUT2D eigenvalue weighted by atomic mass is 9.84. The Kier molecular flexibility index (Phi) is 8.36. The van der Waals surface area contributed by atoms with E-state index >= 15 is 0 Å². The Morgan fingerprint density at radius 2 is 1.93 bits per heavy atom. The summed E-state index contributed by atoms with van der Waals surface area (Å²) in [7, 11) is 0. The molecule has 1 saturated carbocycles. The van der Waals surface area contributed by atoms with Crippen LogP contribution in [0, 0.1) is 12.8 Å². The van der Waals surface area contributed by atoms with Gasteiger partial charge in [0.05, 0.1) is 13.2 Å². The van der Waals surface area contributed by atoms with E-state index in [1.807, 2.05) is 19.9 Å². The van der Waals surface area contributed by atoms with E-state index in [1.54, 1.807) is 4.90 Å². The largest absolute Gasteiger partial charge is 0.378 e. The van der Waals surface area contributed by atoms with Gasteiger partial charge in [0.2, 0.25) is 5.91 Å². The topological polar surface area (TPSA) is 109 Å². The molecule has 3 N–H and O–H groups in total. The average molecular weight is 422 g/mol. The molecule has 2 heterocycles. The highest BCUT2D eigenvalue weighted by Crippen LogP contribution is 2.27. The second-order valence-corrected chi connectivity index (χ2v) is 8.45. The van der Waals surface area contributed by atoms with Crippen molar-refractivity contribution in [2.24, 2.45) is 5.92 Å². The molecule has 9 heteroatoms. The van der Waals surface area contributed by atoms with E-state index in [-0.39, 0.29) is 18.0 Å². The minimum absolute atomic E-state index is 0.122. The van der Waals surface area contributed by atoms with E-state index in [2.05, 4.69) is 21.1 Å². The smallest absolute Gasteiger partial charge is 0.318 e. The number of aryl methyl sites for hydroxylation is 1. The summed E-state index contributed by atoms with van der Waals surface area (Å²) in [6.07, 6.45) is 6.60. The Morgan fingerprint density at radius 3 is 2.60 bits per heavy atom. The van der Waals surface area contributed by atoms with Crippen LogP contribution in [0.5, 0.6) is 0 Å². The maximum Gasteiger partial charge on any atom is 0.318 e. The maximum atomic E-state index is 13.0. The van der Waals surface area contributed by atoms with Crippen molar-refractivity contribution in [3.63, 3.8) is 0 Å². The second-order valence-electron chi connectivity index (χ2n) is 8.45. The molecule has 0 spiro atoms. The second kappa shape index (κ2) is 11.2. The number of nitrogens with one attached hydrogen (secondary N) is 3. The fourth-order valence-electron chi connectivity index (χ4n) is 4.10. The number of urea groups is 1. The number of morpholine rings is 1. The Morgan fingerprint density at radius 1 is 1.20 bits per heavy atom. The van der Waals surface area contributed by atoms with Crippen LogP contribution in [0.1, 0.15) is 51.2 Å². The lowest BCUT2D eigenvalue weighted by Crippen LogP contribution is -2.55. The van der Waals surface area contributed by atoms with Crippen molar-refractivity contribution in [2.75, 3.05) is 38.2 Å². The molecule has 2 fully saturated rings. The zero-order valence-corrected chi connectivity index (χ0v) is 18.1. The number of anilines is 1. The molecule has 2 aliphatic rings. The van der Waals surface area contributed by atoms with Gasteiger partial charge in [0.15, 0.2) is 5.82 Å². The molecule has 0 bridgehead atoms. The lowest BCUT2D eigenvalue weighted by molar-refractivity contribution is -0.124. The molecule has 9 nitrogen and oxygen atoms in total. The number of carbonyl (C=O) groups is 2. The molecule has 1 aromatic rings. The van der Waals surface area contributed by atoms with Crippen LogP contribution in [0.15, 0.2) is 10.6 Å².